The number of hydrogen-bond acceptors (Lipinski definition) is 1. The molecule has 0 amide bonds. The Balaban J connectivity index is 3.55. The molecule has 52 valence electrons. The van der Waals surface area contributed by atoms with E-state index >= 15 is 0 Å². The van der Waals surface area contributed by atoms with Crippen molar-refractivity contribution in [2.75, 3.05) is 0 Å². The fraction of sp³-hybridized carbons (Fsp3) is 0.571. The second kappa shape index (κ2) is 5.35. The molecule has 0 bridgehead atoms. The molecule has 0 aliphatic rings. The van der Waals surface area contributed by atoms with Crippen LogP contribution in [0.1, 0.15) is 26.7 Å². The van der Waals surface area contributed by atoms with Crippen molar-refractivity contribution in [3.05, 3.63) is 12.3 Å². The maximum absolute atomic E-state index is 5.41. The maximum Gasteiger partial charge on any atom is 0.0986 e. The van der Waals surface area contributed by atoms with Crippen molar-refractivity contribution in [3.63, 3.8) is 0 Å². The van der Waals surface area contributed by atoms with Gasteiger partial charge in [0.15, 0.2) is 0 Å². The third-order valence-electron chi connectivity index (χ3n) is 0.944. The van der Waals surface area contributed by atoms with E-state index in [1.54, 1.807) is 6.20 Å². The number of nitrogens with two attached hydrogens (primary N) is 1. The molecule has 0 aromatic carbocycles. The first-order valence-electron chi connectivity index (χ1n) is 3.28. The van der Waals surface area contributed by atoms with Crippen LogP contribution in [0.4, 0.5) is 0 Å². The highest BCUT2D eigenvalue weighted by Crippen LogP contribution is 1.82. The van der Waals surface area contributed by atoms with Gasteiger partial charge < -0.3 is 5.73 Å². The van der Waals surface area contributed by atoms with Gasteiger partial charge in [0, 0.05) is 12.6 Å². The highest BCUT2D eigenvalue weighted by molar-refractivity contribution is 5.80. The van der Waals surface area contributed by atoms with Gasteiger partial charge in [-0.3, -0.25) is 0 Å². The highest BCUT2D eigenvalue weighted by atomic mass is 14.8. The van der Waals surface area contributed by atoms with Crippen molar-refractivity contribution >= 4 is 5.84 Å². The molecule has 0 unspecified atom stereocenters. The Labute approximate surface area is 56.5 Å². The normalized spacial score (nSPS) is 12.9. The number of amidine groups is 1. The number of nitrogens with zero attached hydrogens (tertiary/aromatic N) is 1. The van der Waals surface area contributed by atoms with E-state index in [0.717, 1.165) is 12.8 Å². The first-order chi connectivity index (χ1) is 4.31. The van der Waals surface area contributed by atoms with Gasteiger partial charge in [-0.2, -0.15) is 0 Å². The van der Waals surface area contributed by atoms with E-state index in [2.05, 4.69) is 11.9 Å². The molecule has 0 radical (unpaired) electrons. The molecular formula is C7H14N2. The lowest BCUT2D eigenvalue weighted by Crippen LogP contribution is -2.08. The Morgan fingerprint density at radius 2 is 2.22 bits per heavy atom. The first-order valence-corrected chi connectivity index (χ1v) is 3.28. The molecule has 0 aromatic heterocycles. The molecule has 0 aliphatic heterocycles. The predicted octanol–water partition coefficient (Wildman–Crippen LogP) is 1.68. The van der Waals surface area contributed by atoms with Crippen molar-refractivity contribution in [2.24, 2.45) is 10.7 Å². The number of allylic oxidation sites excluding steroid dienone is 1. The zero-order valence-electron chi connectivity index (χ0n) is 6.09. The summed E-state index contributed by atoms with van der Waals surface area (Å²) in [6.45, 7) is 4.05. The summed E-state index contributed by atoms with van der Waals surface area (Å²) in [5.41, 5.74) is 5.41. The Morgan fingerprint density at radius 3 is 2.67 bits per heavy atom. The minimum atomic E-state index is 0.694. The van der Waals surface area contributed by atoms with Crippen LogP contribution >= 0.6 is 0 Å². The van der Waals surface area contributed by atoms with Gasteiger partial charge in [-0.1, -0.05) is 19.9 Å². The van der Waals surface area contributed by atoms with Crippen molar-refractivity contribution in [3.8, 4) is 0 Å². The van der Waals surface area contributed by atoms with Crippen molar-refractivity contribution < 1.29 is 0 Å². The summed E-state index contributed by atoms with van der Waals surface area (Å²) in [5, 5.41) is 0. The summed E-state index contributed by atoms with van der Waals surface area (Å²) in [6.07, 6.45) is 5.57. The lowest BCUT2D eigenvalue weighted by Gasteiger charge is -1.87. The predicted molar refractivity (Wildman–Crippen MR) is 41.3 cm³/mol. The van der Waals surface area contributed by atoms with Crippen LogP contribution in [0.25, 0.3) is 0 Å². The highest BCUT2D eigenvalue weighted by Gasteiger charge is 1.78. The van der Waals surface area contributed by atoms with Gasteiger partial charge >= 0.3 is 0 Å². The quantitative estimate of drug-likeness (QED) is 0.453. The fourth-order valence-electron chi connectivity index (χ4n) is 0.345. The minimum absolute atomic E-state index is 0.694. The monoisotopic (exact) mass is 126 g/mol. The molecule has 0 aliphatic carbocycles. The molecule has 0 spiro atoms. The molecule has 2 N–H and O–H groups in total. The van der Waals surface area contributed by atoms with Gasteiger partial charge in [0.2, 0.25) is 0 Å². The Hall–Kier alpha value is -0.790. The smallest absolute Gasteiger partial charge is 0.0986 e. The summed E-state index contributed by atoms with van der Waals surface area (Å²) in [6, 6.07) is 0. The number of aliphatic imine (C=N–C) groups is 1. The van der Waals surface area contributed by atoms with E-state index in [1.807, 2.05) is 13.0 Å². The molecule has 2 heteroatoms. The van der Waals surface area contributed by atoms with Crippen molar-refractivity contribution in [1.82, 2.24) is 0 Å². The van der Waals surface area contributed by atoms with Crippen molar-refractivity contribution in [1.29, 1.82) is 0 Å². The summed E-state index contributed by atoms with van der Waals surface area (Å²) in [7, 11) is 0. The summed E-state index contributed by atoms with van der Waals surface area (Å²) >= 11 is 0. The van der Waals surface area contributed by atoms with Gasteiger partial charge in [-0.25, -0.2) is 4.99 Å². The molecule has 0 rings (SSSR count). The summed E-state index contributed by atoms with van der Waals surface area (Å²) < 4.78 is 0. The third kappa shape index (κ3) is 5.07. The Kier molecular flexibility index (Phi) is 4.88. The first kappa shape index (κ1) is 8.21. The number of hydrogen-bond donors (Lipinski definition) is 1. The fourth-order valence-corrected chi connectivity index (χ4v) is 0.345. The molecular weight excluding hydrogens is 112 g/mol. The van der Waals surface area contributed by atoms with E-state index in [0.29, 0.717) is 5.84 Å². The third-order valence-corrected chi connectivity index (χ3v) is 0.944. The Bertz CT molecular complexity index is 114. The van der Waals surface area contributed by atoms with Crippen LogP contribution in [0.5, 0.6) is 0 Å². The lowest BCUT2D eigenvalue weighted by atomic mass is 10.4. The molecule has 2 nitrogen and oxygen atoms in total. The zero-order chi connectivity index (χ0) is 7.11. The largest absolute Gasteiger partial charge is 0.387 e. The van der Waals surface area contributed by atoms with Crippen LogP contribution in [0, 0.1) is 0 Å². The average Bonchev–Trinajstić information content (AvgIpc) is 1.89. The average molecular weight is 126 g/mol. The van der Waals surface area contributed by atoms with Crippen LogP contribution in [-0.2, 0) is 0 Å². The van der Waals surface area contributed by atoms with Crippen LogP contribution in [0.2, 0.25) is 0 Å². The number of rotatable bonds is 3. The van der Waals surface area contributed by atoms with Crippen LogP contribution in [0.3, 0.4) is 0 Å². The molecule has 0 fully saturated rings. The van der Waals surface area contributed by atoms with Crippen molar-refractivity contribution in [2.45, 2.75) is 26.7 Å². The molecule has 0 heterocycles. The lowest BCUT2D eigenvalue weighted by molar-refractivity contribution is 1.19. The van der Waals surface area contributed by atoms with Crippen LogP contribution < -0.4 is 5.73 Å². The van der Waals surface area contributed by atoms with E-state index in [1.165, 1.54) is 0 Å². The van der Waals surface area contributed by atoms with E-state index in [-0.39, 0.29) is 0 Å². The SMILES string of the molecule is CC/C=C\N=C(\N)CC. The van der Waals surface area contributed by atoms with Gasteiger partial charge in [-0.05, 0) is 6.42 Å². The van der Waals surface area contributed by atoms with Crippen LogP contribution in [0.15, 0.2) is 17.3 Å². The molecule has 0 atom stereocenters. The Morgan fingerprint density at radius 1 is 1.56 bits per heavy atom. The van der Waals surface area contributed by atoms with E-state index < -0.39 is 0 Å². The van der Waals surface area contributed by atoms with Gasteiger partial charge in [-0.15, -0.1) is 0 Å². The molecule has 0 saturated heterocycles. The van der Waals surface area contributed by atoms with Gasteiger partial charge in [0.25, 0.3) is 0 Å². The second-order valence-electron chi connectivity index (χ2n) is 1.77. The standard InChI is InChI=1S/C7H14N2/c1-3-5-6-9-7(8)4-2/h5-6H,3-4H2,1-2H3,(H2,8,9)/b6-5-. The zero-order valence-corrected chi connectivity index (χ0v) is 6.09. The maximum atomic E-state index is 5.41. The summed E-state index contributed by atoms with van der Waals surface area (Å²) in [5.74, 6) is 0.694. The second-order valence-corrected chi connectivity index (χ2v) is 1.77. The topological polar surface area (TPSA) is 38.4 Å². The molecule has 0 aromatic rings. The van der Waals surface area contributed by atoms with Gasteiger partial charge in [0.1, 0.15) is 0 Å². The van der Waals surface area contributed by atoms with E-state index in [4.69, 9.17) is 5.73 Å². The van der Waals surface area contributed by atoms with E-state index in [9.17, 15) is 0 Å². The van der Waals surface area contributed by atoms with Gasteiger partial charge in [0.05, 0.1) is 5.84 Å². The molecule has 9 heavy (non-hydrogen) atoms. The van der Waals surface area contributed by atoms with Crippen LogP contribution in [-0.4, -0.2) is 5.84 Å². The minimum Gasteiger partial charge on any atom is -0.387 e. The molecule has 0 saturated carbocycles. The summed E-state index contributed by atoms with van der Waals surface area (Å²) in [4.78, 5) is 3.95.